The number of carboxylic acids is 1. The lowest BCUT2D eigenvalue weighted by molar-refractivity contribution is -0.0795. The van der Waals surface area contributed by atoms with Crippen LogP contribution in [-0.2, 0) is 4.74 Å². The van der Waals surface area contributed by atoms with Crippen molar-refractivity contribution in [2.45, 2.75) is 32.4 Å². The van der Waals surface area contributed by atoms with E-state index in [0.717, 1.165) is 6.42 Å². The van der Waals surface area contributed by atoms with Crippen LogP contribution in [-0.4, -0.2) is 35.3 Å². The van der Waals surface area contributed by atoms with E-state index < -0.39 is 5.97 Å². The summed E-state index contributed by atoms with van der Waals surface area (Å²) in [5, 5.41) is 12.2. The van der Waals surface area contributed by atoms with Gasteiger partial charge in [-0.2, -0.15) is 0 Å². The van der Waals surface area contributed by atoms with E-state index in [2.05, 4.69) is 24.1 Å². The van der Waals surface area contributed by atoms with Gasteiger partial charge in [0.25, 0.3) is 0 Å². The highest BCUT2D eigenvalue weighted by Crippen LogP contribution is 2.44. The summed E-state index contributed by atoms with van der Waals surface area (Å²) in [6.45, 7) is 4.19. The van der Waals surface area contributed by atoms with Gasteiger partial charge in [0.05, 0.1) is 17.4 Å². The van der Waals surface area contributed by atoms with Crippen molar-refractivity contribution in [3.8, 4) is 0 Å². The van der Waals surface area contributed by atoms with Crippen molar-refractivity contribution in [2.24, 2.45) is 5.41 Å². The van der Waals surface area contributed by atoms with Gasteiger partial charge in [0.1, 0.15) is 5.82 Å². The minimum Gasteiger partial charge on any atom is -0.478 e. The molecule has 0 radical (unpaired) electrons. The Bertz CT molecular complexity index is 502. The SMILES string of the molecule is COC1CC(Nc2nccc(C(=O)O)c2N)C1(C)C. The summed E-state index contributed by atoms with van der Waals surface area (Å²) >= 11 is 0. The van der Waals surface area contributed by atoms with Crippen LogP contribution >= 0.6 is 0 Å². The predicted octanol–water partition coefficient (Wildman–Crippen LogP) is 1.59. The largest absolute Gasteiger partial charge is 0.478 e. The zero-order chi connectivity index (χ0) is 14.2. The topological polar surface area (TPSA) is 97.5 Å². The molecule has 1 aromatic heterocycles. The molecule has 1 aliphatic rings. The second kappa shape index (κ2) is 4.70. The molecule has 2 unspecified atom stereocenters. The fraction of sp³-hybridized carbons (Fsp3) is 0.538. The molecule has 0 aromatic carbocycles. The van der Waals surface area contributed by atoms with Crippen molar-refractivity contribution in [1.29, 1.82) is 0 Å². The monoisotopic (exact) mass is 265 g/mol. The highest BCUT2D eigenvalue weighted by Gasteiger charge is 2.48. The summed E-state index contributed by atoms with van der Waals surface area (Å²) < 4.78 is 5.38. The Morgan fingerprint density at radius 3 is 2.84 bits per heavy atom. The number of aromatic carboxylic acids is 1. The number of aromatic nitrogens is 1. The van der Waals surface area contributed by atoms with Crippen LogP contribution in [0, 0.1) is 5.41 Å². The smallest absolute Gasteiger partial charge is 0.337 e. The van der Waals surface area contributed by atoms with Crippen LogP contribution in [0.2, 0.25) is 0 Å². The molecule has 0 saturated heterocycles. The van der Waals surface area contributed by atoms with Gasteiger partial charge >= 0.3 is 5.97 Å². The number of nitrogens with one attached hydrogen (secondary N) is 1. The molecule has 1 aliphatic carbocycles. The maximum atomic E-state index is 11.0. The highest BCUT2D eigenvalue weighted by molar-refractivity contribution is 5.96. The normalized spacial score (nSPS) is 24.6. The number of carbonyl (C=O) groups is 1. The zero-order valence-corrected chi connectivity index (χ0v) is 11.3. The van der Waals surface area contributed by atoms with E-state index in [1.807, 2.05) is 0 Å². The van der Waals surface area contributed by atoms with E-state index >= 15 is 0 Å². The van der Waals surface area contributed by atoms with Crippen molar-refractivity contribution in [3.63, 3.8) is 0 Å². The Balaban J connectivity index is 2.18. The summed E-state index contributed by atoms with van der Waals surface area (Å²) in [6.07, 6.45) is 2.48. The van der Waals surface area contributed by atoms with Gasteiger partial charge in [-0.15, -0.1) is 0 Å². The van der Waals surface area contributed by atoms with Gasteiger partial charge < -0.3 is 20.9 Å². The standard InChI is InChI=1S/C13H19N3O3/c1-13(2)8(6-9(13)19-3)16-11-10(14)7(12(17)18)4-5-15-11/h4-5,8-9H,6,14H2,1-3H3,(H,15,16)(H,17,18). The fourth-order valence-corrected chi connectivity index (χ4v) is 2.47. The molecule has 2 rings (SSSR count). The lowest BCUT2D eigenvalue weighted by Crippen LogP contribution is -2.57. The summed E-state index contributed by atoms with van der Waals surface area (Å²) in [7, 11) is 1.69. The molecule has 0 spiro atoms. The van der Waals surface area contributed by atoms with Crippen LogP contribution in [0.4, 0.5) is 11.5 Å². The summed E-state index contributed by atoms with van der Waals surface area (Å²) in [5.74, 6) is -0.627. The number of nitrogen functional groups attached to an aromatic ring is 1. The molecule has 0 amide bonds. The average Bonchev–Trinajstić information content (AvgIpc) is 2.35. The van der Waals surface area contributed by atoms with Gasteiger partial charge in [0.2, 0.25) is 0 Å². The number of nitrogens with zero attached hydrogens (tertiary/aromatic N) is 1. The average molecular weight is 265 g/mol. The third kappa shape index (κ3) is 2.23. The van der Waals surface area contributed by atoms with E-state index in [9.17, 15) is 4.79 Å². The van der Waals surface area contributed by atoms with Crippen LogP contribution in [0.1, 0.15) is 30.6 Å². The van der Waals surface area contributed by atoms with Crippen molar-refractivity contribution in [2.75, 3.05) is 18.2 Å². The summed E-state index contributed by atoms with van der Waals surface area (Å²) in [4.78, 5) is 15.1. The molecule has 4 N–H and O–H groups in total. The number of ether oxygens (including phenoxy) is 1. The number of methoxy groups -OCH3 is 1. The predicted molar refractivity (Wildman–Crippen MR) is 72.2 cm³/mol. The molecular weight excluding hydrogens is 246 g/mol. The first kappa shape index (κ1) is 13.6. The number of rotatable bonds is 4. The number of anilines is 2. The first-order valence-electron chi connectivity index (χ1n) is 6.15. The number of pyridine rings is 1. The summed E-state index contributed by atoms with van der Waals surface area (Å²) in [6, 6.07) is 1.56. The van der Waals surface area contributed by atoms with Crippen LogP contribution in [0.3, 0.4) is 0 Å². The Kier molecular flexibility index (Phi) is 3.36. The van der Waals surface area contributed by atoms with Gasteiger partial charge in [-0.25, -0.2) is 9.78 Å². The highest BCUT2D eigenvalue weighted by atomic mass is 16.5. The second-order valence-electron chi connectivity index (χ2n) is 5.40. The van der Waals surface area contributed by atoms with E-state index in [1.165, 1.54) is 12.3 Å². The van der Waals surface area contributed by atoms with Crippen molar-refractivity contribution >= 4 is 17.5 Å². The maximum Gasteiger partial charge on any atom is 0.337 e. The second-order valence-corrected chi connectivity index (χ2v) is 5.40. The van der Waals surface area contributed by atoms with E-state index in [-0.39, 0.29) is 28.8 Å². The van der Waals surface area contributed by atoms with Crippen LogP contribution in [0.25, 0.3) is 0 Å². The molecule has 104 valence electrons. The van der Waals surface area contributed by atoms with Gasteiger partial charge in [0, 0.05) is 24.8 Å². The molecule has 6 heteroatoms. The quantitative estimate of drug-likeness (QED) is 0.764. The van der Waals surface area contributed by atoms with Gasteiger partial charge in [-0.1, -0.05) is 13.8 Å². The Hall–Kier alpha value is -1.82. The lowest BCUT2D eigenvalue weighted by atomic mass is 9.64. The van der Waals surface area contributed by atoms with Crippen LogP contribution in [0.15, 0.2) is 12.3 Å². The molecule has 0 bridgehead atoms. The minimum atomic E-state index is -1.05. The van der Waals surface area contributed by atoms with Crippen molar-refractivity contribution in [1.82, 2.24) is 4.98 Å². The minimum absolute atomic E-state index is 0.0396. The number of nitrogens with two attached hydrogens (primary N) is 1. The number of hydrogen-bond donors (Lipinski definition) is 3. The zero-order valence-electron chi connectivity index (χ0n) is 11.3. The Morgan fingerprint density at radius 1 is 1.63 bits per heavy atom. The van der Waals surface area contributed by atoms with Gasteiger partial charge in [-0.05, 0) is 12.5 Å². The van der Waals surface area contributed by atoms with Crippen LogP contribution in [0.5, 0.6) is 0 Å². The lowest BCUT2D eigenvalue weighted by Gasteiger charge is -2.51. The fourth-order valence-electron chi connectivity index (χ4n) is 2.47. The number of hydrogen-bond acceptors (Lipinski definition) is 5. The third-order valence-corrected chi connectivity index (χ3v) is 3.99. The molecule has 2 atom stereocenters. The Morgan fingerprint density at radius 2 is 2.32 bits per heavy atom. The maximum absolute atomic E-state index is 11.0. The first-order chi connectivity index (χ1) is 8.87. The third-order valence-electron chi connectivity index (χ3n) is 3.99. The van der Waals surface area contributed by atoms with Crippen LogP contribution < -0.4 is 11.1 Å². The summed E-state index contributed by atoms with van der Waals surface area (Å²) in [5.41, 5.74) is 6.03. The molecule has 1 saturated carbocycles. The molecule has 6 nitrogen and oxygen atoms in total. The van der Waals surface area contributed by atoms with Crippen molar-refractivity contribution in [3.05, 3.63) is 17.8 Å². The first-order valence-corrected chi connectivity index (χ1v) is 6.15. The molecule has 1 fully saturated rings. The molecule has 19 heavy (non-hydrogen) atoms. The van der Waals surface area contributed by atoms with E-state index in [0.29, 0.717) is 5.82 Å². The van der Waals surface area contributed by atoms with E-state index in [4.69, 9.17) is 15.6 Å². The molecule has 1 aromatic rings. The van der Waals surface area contributed by atoms with E-state index in [1.54, 1.807) is 7.11 Å². The molecular formula is C13H19N3O3. The van der Waals surface area contributed by atoms with Crippen molar-refractivity contribution < 1.29 is 14.6 Å². The molecule has 0 aliphatic heterocycles. The molecule has 1 heterocycles. The van der Waals surface area contributed by atoms with Gasteiger partial charge in [-0.3, -0.25) is 0 Å². The Labute approximate surface area is 112 Å². The van der Waals surface area contributed by atoms with Gasteiger partial charge in [0.15, 0.2) is 0 Å². The number of carboxylic acid groups (broad SMARTS) is 1.